The van der Waals surface area contributed by atoms with Gasteiger partial charge in [-0.1, -0.05) is 17.7 Å². The fourth-order valence-electron chi connectivity index (χ4n) is 3.44. The molecule has 1 unspecified atom stereocenters. The molecule has 0 bridgehead atoms. The van der Waals surface area contributed by atoms with Gasteiger partial charge in [0.25, 0.3) is 5.91 Å². The predicted molar refractivity (Wildman–Crippen MR) is 130 cm³/mol. The molecule has 2 aromatic carbocycles. The molecular formula is C27H33F3N2O4. The van der Waals surface area contributed by atoms with E-state index in [4.69, 9.17) is 4.74 Å². The molecule has 6 nitrogen and oxygen atoms in total. The highest BCUT2D eigenvalue weighted by Crippen LogP contribution is 2.19. The molecule has 0 aromatic heterocycles. The van der Waals surface area contributed by atoms with Crippen molar-refractivity contribution in [3.63, 3.8) is 0 Å². The molecule has 0 radical (unpaired) electrons. The molecule has 0 aliphatic rings. The molecule has 2 rings (SSSR count). The summed E-state index contributed by atoms with van der Waals surface area (Å²) in [5.74, 6) is -4.66. The van der Waals surface area contributed by atoms with E-state index in [1.807, 2.05) is 20.8 Å². The summed E-state index contributed by atoms with van der Waals surface area (Å²) >= 11 is 0. The Kier molecular flexibility index (Phi) is 8.93. The zero-order valence-corrected chi connectivity index (χ0v) is 21.6. The third-order valence-corrected chi connectivity index (χ3v) is 4.95. The van der Waals surface area contributed by atoms with Crippen molar-refractivity contribution in [2.45, 2.75) is 78.5 Å². The highest BCUT2D eigenvalue weighted by atomic mass is 19.2. The summed E-state index contributed by atoms with van der Waals surface area (Å²) < 4.78 is 46.8. The number of alkyl carbamates (subject to hydrolysis) is 1. The van der Waals surface area contributed by atoms with Crippen LogP contribution in [-0.2, 0) is 22.4 Å². The predicted octanol–water partition coefficient (Wildman–Crippen LogP) is 5.19. The number of rotatable bonds is 7. The lowest BCUT2D eigenvalue weighted by Gasteiger charge is -2.24. The first-order valence-electron chi connectivity index (χ1n) is 11.5. The molecule has 0 aliphatic carbocycles. The van der Waals surface area contributed by atoms with Crippen LogP contribution in [-0.4, -0.2) is 35.0 Å². The van der Waals surface area contributed by atoms with Crippen LogP contribution >= 0.6 is 0 Å². The Bertz CT molecular complexity index is 1150. The first kappa shape index (κ1) is 28.9. The molecule has 0 saturated heterocycles. The topological polar surface area (TPSA) is 84.5 Å². The van der Waals surface area contributed by atoms with Gasteiger partial charge < -0.3 is 15.4 Å². The maximum atomic E-state index is 14.4. The first-order chi connectivity index (χ1) is 16.4. The molecule has 0 heterocycles. The molecule has 2 N–H and O–H groups in total. The van der Waals surface area contributed by atoms with Gasteiger partial charge in [0.15, 0.2) is 17.4 Å². The van der Waals surface area contributed by atoms with Gasteiger partial charge in [0.2, 0.25) is 0 Å². The van der Waals surface area contributed by atoms with E-state index in [1.165, 1.54) is 0 Å². The van der Waals surface area contributed by atoms with Gasteiger partial charge in [-0.2, -0.15) is 0 Å². The number of benzene rings is 2. The zero-order chi connectivity index (χ0) is 27.4. The Labute approximate surface area is 209 Å². The van der Waals surface area contributed by atoms with Gasteiger partial charge in [-0.15, -0.1) is 0 Å². The second kappa shape index (κ2) is 11.1. The van der Waals surface area contributed by atoms with Crippen molar-refractivity contribution in [1.29, 1.82) is 0 Å². The fourth-order valence-corrected chi connectivity index (χ4v) is 3.44. The smallest absolute Gasteiger partial charge is 0.408 e. The van der Waals surface area contributed by atoms with Crippen molar-refractivity contribution in [2.75, 3.05) is 0 Å². The van der Waals surface area contributed by atoms with Gasteiger partial charge in [0, 0.05) is 30.0 Å². The van der Waals surface area contributed by atoms with E-state index in [2.05, 4.69) is 10.6 Å². The van der Waals surface area contributed by atoms with Crippen molar-refractivity contribution >= 4 is 17.8 Å². The van der Waals surface area contributed by atoms with Crippen LogP contribution in [0.4, 0.5) is 18.0 Å². The number of amides is 2. The van der Waals surface area contributed by atoms with Crippen LogP contribution in [0.2, 0.25) is 0 Å². The number of hydrogen-bond donors (Lipinski definition) is 2. The van der Waals surface area contributed by atoms with Crippen LogP contribution in [0.15, 0.2) is 30.3 Å². The van der Waals surface area contributed by atoms with Crippen LogP contribution in [0.25, 0.3) is 0 Å². The van der Waals surface area contributed by atoms with E-state index in [9.17, 15) is 27.6 Å². The lowest BCUT2D eigenvalue weighted by atomic mass is 9.93. The molecule has 0 fully saturated rings. The fraction of sp³-hybridized carbons (Fsp3) is 0.444. The normalized spacial score (nSPS) is 12.6. The monoisotopic (exact) mass is 506 g/mol. The third kappa shape index (κ3) is 8.70. The molecular weight excluding hydrogens is 473 g/mol. The number of aryl methyl sites for hydroxylation is 1. The molecule has 2 aromatic rings. The Morgan fingerprint density at radius 3 is 2.08 bits per heavy atom. The molecule has 0 saturated carbocycles. The Hall–Kier alpha value is -3.36. The first-order valence-corrected chi connectivity index (χ1v) is 11.5. The minimum atomic E-state index is -1.37. The summed E-state index contributed by atoms with van der Waals surface area (Å²) in [5, 5.41) is 5.26. The van der Waals surface area contributed by atoms with Gasteiger partial charge in [-0.3, -0.25) is 9.59 Å². The van der Waals surface area contributed by atoms with Gasteiger partial charge in [-0.25, -0.2) is 18.0 Å². The van der Waals surface area contributed by atoms with E-state index in [1.54, 1.807) is 45.9 Å². The van der Waals surface area contributed by atoms with Gasteiger partial charge in [0.05, 0.1) is 6.04 Å². The van der Waals surface area contributed by atoms with Crippen molar-refractivity contribution in [3.05, 3.63) is 70.0 Å². The third-order valence-electron chi connectivity index (χ3n) is 4.95. The van der Waals surface area contributed by atoms with E-state index in [0.717, 1.165) is 5.56 Å². The number of carbonyl (C=O) groups is 3. The van der Waals surface area contributed by atoms with Crippen LogP contribution in [0.5, 0.6) is 0 Å². The summed E-state index contributed by atoms with van der Waals surface area (Å²) in [6.07, 6.45) is -1.66. The maximum Gasteiger partial charge on any atom is 0.408 e. The summed E-state index contributed by atoms with van der Waals surface area (Å²) in [6.45, 7) is 12.2. The average molecular weight is 507 g/mol. The molecule has 9 heteroatoms. The highest BCUT2D eigenvalue weighted by molar-refractivity contribution is 5.98. The lowest BCUT2D eigenvalue weighted by Crippen LogP contribution is -2.45. The number of ether oxygens (including phenoxy) is 1. The number of Topliss-reactive ketones (excluding diaryl/α,β-unsaturated/α-hetero) is 1. The summed E-state index contributed by atoms with van der Waals surface area (Å²) in [6, 6.07) is 4.71. The van der Waals surface area contributed by atoms with E-state index in [-0.39, 0.29) is 23.5 Å². The van der Waals surface area contributed by atoms with Crippen molar-refractivity contribution in [3.8, 4) is 0 Å². The van der Waals surface area contributed by atoms with Crippen LogP contribution < -0.4 is 10.6 Å². The second-order valence-electron chi connectivity index (χ2n) is 10.8. The van der Waals surface area contributed by atoms with E-state index in [0.29, 0.717) is 17.7 Å². The molecule has 2 amide bonds. The van der Waals surface area contributed by atoms with Crippen LogP contribution in [0.1, 0.15) is 68.6 Å². The zero-order valence-electron chi connectivity index (χ0n) is 21.6. The minimum absolute atomic E-state index is 0.277. The number of carbonyl (C=O) groups excluding carboxylic acids is 3. The van der Waals surface area contributed by atoms with Crippen LogP contribution in [0.3, 0.4) is 0 Å². The van der Waals surface area contributed by atoms with Crippen molar-refractivity contribution in [1.82, 2.24) is 10.6 Å². The average Bonchev–Trinajstić information content (AvgIpc) is 2.68. The summed E-state index contributed by atoms with van der Waals surface area (Å²) in [5.41, 5.74) is -0.206. The largest absolute Gasteiger partial charge is 0.444 e. The molecule has 0 spiro atoms. The van der Waals surface area contributed by atoms with Crippen LogP contribution in [0, 0.1) is 24.4 Å². The quantitative estimate of drug-likeness (QED) is 0.507. The number of hydrogen-bond acceptors (Lipinski definition) is 4. The molecule has 0 aliphatic heterocycles. The molecule has 196 valence electrons. The van der Waals surface area contributed by atoms with Gasteiger partial charge >= 0.3 is 6.09 Å². The standard InChI is InChI=1S/C27H33F3N2O4/c1-15-8-9-18(24(34)32-26(2,3)4)16(10-15)13-23(33)22(31-25(35)36-27(5,6)7)12-17-11-20(29)21(30)14-19(17)28/h8-11,14,22H,12-13H2,1-7H3,(H,31,35)(H,32,34). The maximum absolute atomic E-state index is 14.4. The molecule has 36 heavy (non-hydrogen) atoms. The van der Waals surface area contributed by atoms with Crippen molar-refractivity contribution in [2.24, 2.45) is 0 Å². The summed E-state index contributed by atoms with van der Waals surface area (Å²) in [7, 11) is 0. The minimum Gasteiger partial charge on any atom is -0.444 e. The summed E-state index contributed by atoms with van der Waals surface area (Å²) in [4.78, 5) is 38.6. The van der Waals surface area contributed by atoms with Gasteiger partial charge in [-0.05, 0) is 71.7 Å². The van der Waals surface area contributed by atoms with E-state index >= 15 is 0 Å². The number of halogens is 3. The Morgan fingerprint density at radius 2 is 1.50 bits per heavy atom. The Balaban J connectivity index is 2.40. The van der Waals surface area contributed by atoms with Gasteiger partial charge in [0.1, 0.15) is 11.4 Å². The van der Waals surface area contributed by atoms with E-state index < -0.39 is 52.9 Å². The highest BCUT2D eigenvalue weighted by Gasteiger charge is 2.28. The molecule has 1 atom stereocenters. The number of ketones is 1. The van der Waals surface area contributed by atoms with Crippen molar-refractivity contribution < 1.29 is 32.3 Å². The lowest BCUT2D eigenvalue weighted by molar-refractivity contribution is -0.120. The SMILES string of the molecule is Cc1ccc(C(=O)NC(C)(C)C)c(CC(=O)C(Cc2cc(F)c(F)cc2F)NC(=O)OC(C)(C)C)c1. The number of nitrogens with one attached hydrogen (secondary N) is 2. The Morgan fingerprint density at radius 1 is 0.889 bits per heavy atom. The second-order valence-corrected chi connectivity index (χ2v) is 10.8.